The summed E-state index contributed by atoms with van der Waals surface area (Å²) >= 11 is 0. The molecule has 17 heavy (non-hydrogen) atoms. The molecule has 2 aliphatic rings. The van der Waals surface area contributed by atoms with Crippen LogP contribution in [0.2, 0.25) is 0 Å². The van der Waals surface area contributed by atoms with E-state index in [4.69, 9.17) is 4.74 Å². The molecular weight excluding hydrogens is 218 g/mol. The SMILES string of the molecule is C=CC1=C(C=C)C(=O)CC2(CCN(C=O)C2)O1. The van der Waals surface area contributed by atoms with Gasteiger partial charge in [-0.3, -0.25) is 9.59 Å². The number of nitrogens with zero attached hydrogens (tertiary/aromatic N) is 1. The lowest BCUT2D eigenvalue weighted by atomic mass is 9.89. The van der Waals surface area contributed by atoms with E-state index in [-0.39, 0.29) is 5.78 Å². The molecule has 2 rings (SSSR count). The van der Waals surface area contributed by atoms with Crippen molar-refractivity contribution in [2.75, 3.05) is 13.1 Å². The summed E-state index contributed by atoms with van der Waals surface area (Å²) in [6.07, 6.45) is 4.80. The number of carbonyl (C=O) groups is 2. The van der Waals surface area contributed by atoms with Gasteiger partial charge in [-0.05, 0) is 6.08 Å². The maximum atomic E-state index is 12.0. The lowest BCUT2D eigenvalue weighted by molar-refractivity contribution is -0.125. The molecule has 2 aliphatic heterocycles. The molecule has 90 valence electrons. The van der Waals surface area contributed by atoms with E-state index in [0.717, 1.165) is 6.41 Å². The first kappa shape index (κ1) is 11.6. The summed E-state index contributed by atoms with van der Waals surface area (Å²) in [5.41, 5.74) is -0.0798. The van der Waals surface area contributed by atoms with Crippen LogP contribution in [0, 0.1) is 0 Å². The van der Waals surface area contributed by atoms with Crippen LogP contribution in [-0.4, -0.2) is 35.8 Å². The van der Waals surface area contributed by atoms with Crippen molar-refractivity contribution in [3.8, 4) is 0 Å². The normalized spacial score (nSPS) is 28.2. The number of rotatable bonds is 3. The van der Waals surface area contributed by atoms with Gasteiger partial charge in [-0.25, -0.2) is 0 Å². The molecule has 4 heteroatoms. The van der Waals surface area contributed by atoms with Crippen molar-refractivity contribution in [2.24, 2.45) is 0 Å². The van der Waals surface area contributed by atoms with E-state index in [0.29, 0.717) is 37.3 Å². The fourth-order valence-electron chi connectivity index (χ4n) is 2.41. The number of carbonyl (C=O) groups excluding carboxylic acids is 2. The van der Waals surface area contributed by atoms with Crippen molar-refractivity contribution in [2.45, 2.75) is 18.4 Å². The Morgan fingerprint density at radius 3 is 2.65 bits per heavy atom. The first-order valence-electron chi connectivity index (χ1n) is 5.55. The zero-order chi connectivity index (χ0) is 12.5. The summed E-state index contributed by atoms with van der Waals surface area (Å²) in [7, 11) is 0. The van der Waals surface area contributed by atoms with Crippen LogP contribution in [0.25, 0.3) is 0 Å². The van der Waals surface area contributed by atoms with Gasteiger partial charge in [0.2, 0.25) is 6.41 Å². The van der Waals surface area contributed by atoms with Crippen LogP contribution in [0.15, 0.2) is 36.6 Å². The number of Topliss-reactive ketones (excluding diaryl/α,β-unsaturated/α-hetero) is 1. The van der Waals surface area contributed by atoms with Crippen LogP contribution in [0.1, 0.15) is 12.8 Å². The lowest BCUT2D eigenvalue weighted by Gasteiger charge is -2.34. The van der Waals surface area contributed by atoms with Gasteiger partial charge in [-0.2, -0.15) is 0 Å². The number of likely N-dealkylation sites (tertiary alicyclic amines) is 1. The first-order chi connectivity index (χ1) is 8.14. The second-order valence-corrected chi connectivity index (χ2v) is 4.40. The Kier molecular flexibility index (Phi) is 2.88. The number of hydrogen-bond acceptors (Lipinski definition) is 3. The van der Waals surface area contributed by atoms with E-state index < -0.39 is 5.60 Å². The van der Waals surface area contributed by atoms with E-state index >= 15 is 0 Å². The van der Waals surface area contributed by atoms with Gasteiger partial charge in [-0.1, -0.05) is 19.2 Å². The van der Waals surface area contributed by atoms with Crippen LogP contribution in [0.4, 0.5) is 0 Å². The molecule has 1 amide bonds. The van der Waals surface area contributed by atoms with Crippen molar-refractivity contribution in [1.82, 2.24) is 4.90 Å². The van der Waals surface area contributed by atoms with Crippen molar-refractivity contribution in [3.05, 3.63) is 36.6 Å². The molecule has 1 atom stereocenters. The number of ether oxygens (including phenoxy) is 1. The van der Waals surface area contributed by atoms with E-state index in [1.165, 1.54) is 12.2 Å². The monoisotopic (exact) mass is 233 g/mol. The molecule has 0 N–H and O–H groups in total. The summed E-state index contributed by atoms with van der Waals surface area (Å²) in [6.45, 7) is 8.34. The van der Waals surface area contributed by atoms with Crippen molar-refractivity contribution in [1.29, 1.82) is 0 Å². The molecule has 0 saturated carbocycles. The maximum Gasteiger partial charge on any atom is 0.209 e. The van der Waals surface area contributed by atoms with Gasteiger partial charge in [0.25, 0.3) is 0 Å². The summed E-state index contributed by atoms with van der Waals surface area (Å²) < 4.78 is 5.86. The molecule has 0 bridgehead atoms. The van der Waals surface area contributed by atoms with Gasteiger partial charge in [0.15, 0.2) is 5.78 Å². The predicted octanol–water partition coefficient (Wildman–Crippen LogP) is 1.20. The molecule has 0 radical (unpaired) electrons. The topological polar surface area (TPSA) is 46.6 Å². The Morgan fingerprint density at radius 2 is 2.12 bits per heavy atom. The highest BCUT2D eigenvalue weighted by Crippen LogP contribution is 2.37. The van der Waals surface area contributed by atoms with Crippen molar-refractivity contribution < 1.29 is 14.3 Å². The Labute approximate surface area is 100 Å². The van der Waals surface area contributed by atoms with Crippen molar-refractivity contribution >= 4 is 12.2 Å². The third-order valence-electron chi connectivity index (χ3n) is 3.26. The quantitative estimate of drug-likeness (QED) is 0.688. The third-order valence-corrected chi connectivity index (χ3v) is 3.26. The Balaban J connectivity index is 2.30. The highest BCUT2D eigenvalue weighted by Gasteiger charge is 2.45. The highest BCUT2D eigenvalue weighted by atomic mass is 16.5. The Hall–Kier alpha value is -1.84. The fourth-order valence-corrected chi connectivity index (χ4v) is 2.41. The lowest BCUT2D eigenvalue weighted by Crippen LogP contribution is -2.41. The van der Waals surface area contributed by atoms with Crippen LogP contribution < -0.4 is 0 Å². The van der Waals surface area contributed by atoms with Gasteiger partial charge >= 0.3 is 0 Å². The van der Waals surface area contributed by atoms with E-state index in [1.807, 2.05) is 0 Å². The minimum absolute atomic E-state index is 0.00824. The Bertz CT molecular complexity index is 424. The fraction of sp³-hybridized carbons (Fsp3) is 0.385. The first-order valence-corrected chi connectivity index (χ1v) is 5.55. The molecule has 4 nitrogen and oxygen atoms in total. The van der Waals surface area contributed by atoms with E-state index in [9.17, 15) is 9.59 Å². The molecule has 0 aromatic carbocycles. The second kappa shape index (κ2) is 4.20. The maximum absolute atomic E-state index is 12.0. The summed E-state index contributed by atoms with van der Waals surface area (Å²) in [6, 6.07) is 0. The molecule has 2 heterocycles. The average molecular weight is 233 g/mol. The zero-order valence-electron chi connectivity index (χ0n) is 9.65. The number of hydrogen-bond donors (Lipinski definition) is 0. The molecular formula is C13H15NO3. The Morgan fingerprint density at radius 1 is 1.35 bits per heavy atom. The minimum Gasteiger partial charge on any atom is -0.484 e. The molecule has 1 fully saturated rings. The minimum atomic E-state index is -0.561. The largest absolute Gasteiger partial charge is 0.484 e. The number of ketones is 1. The smallest absolute Gasteiger partial charge is 0.209 e. The highest BCUT2D eigenvalue weighted by molar-refractivity contribution is 6.00. The predicted molar refractivity (Wildman–Crippen MR) is 63.1 cm³/mol. The third kappa shape index (κ3) is 1.90. The van der Waals surface area contributed by atoms with Crippen LogP contribution in [-0.2, 0) is 14.3 Å². The van der Waals surface area contributed by atoms with Crippen LogP contribution >= 0.6 is 0 Å². The molecule has 1 unspecified atom stereocenters. The van der Waals surface area contributed by atoms with Gasteiger partial charge in [0, 0.05) is 13.0 Å². The van der Waals surface area contributed by atoms with Crippen LogP contribution in [0.5, 0.6) is 0 Å². The molecule has 1 saturated heterocycles. The number of allylic oxidation sites excluding steroid dienone is 3. The van der Waals surface area contributed by atoms with Gasteiger partial charge in [-0.15, -0.1) is 0 Å². The second-order valence-electron chi connectivity index (χ2n) is 4.40. The van der Waals surface area contributed by atoms with Gasteiger partial charge in [0.05, 0.1) is 18.5 Å². The standard InChI is InChI=1S/C13H15NO3/c1-3-10-11(16)7-13(17-12(10)4-2)5-6-14(8-13)9-15/h3-4,9H,1-2,5-8H2. The molecule has 0 aliphatic carbocycles. The molecule has 0 aromatic heterocycles. The zero-order valence-corrected chi connectivity index (χ0v) is 9.65. The van der Waals surface area contributed by atoms with E-state index in [1.54, 1.807) is 4.90 Å². The molecule has 1 spiro atoms. The van der Waals surface area contributed by atoms with Crippen molar-refractivity contribution in [3.63, 3.8) is 0 Å². The molecule has 0 aromatic rings. The number of amides is 1. The van der Waals surface area contributed by atoms with E-state index in [2.05, 4.69) is 13.2 Å². The van der Waals surface area contributed by atoms with Gasteiger partial charge in [0.1, 0.15) is 11.4 Å². The average Bonchev–Trinajstić information content (AvgIpc) is 2.71. The summed E-state index contributed by atoms with van der Waals surface area (Å²) in [4.78, 5) is 24.3. The summed E-state index contributed by atoms with van der Waals surface area (Å²) in [5, 5.41) is 0. The summed E-state index contributed by atoms with van der Waals surface area (Å²) in [5.74, 6) is 0.484. The van der Waals surface area contributed by atoms with Crippen LogP contribution in [0.3, 0.4) is 0 Å². The van der Waals surface area contributed by atoms with Gasteiger partial charge < -0.3 is 9.64 Å².